The van der Waals surface area contributed by atoms with Crippen molar-refractivity contribution in [3.63, 3.8) is 0 Å². The van der Waals surface area contributed by atoms with Gasteiger partial charge in [0.1, 0.15) is 5.76 Å². The Hall–Kier alpha value is -1.33. The van der Waals surface area contributed by atoms with Gasteiger partial charge in [-0.15, -0.1) is 0 Å². The first kappa shape index (κ1) is 12.1. The van der Waals surface area contributed by atoms with Crippen LogP contribution in [-0.4, -0.2) is 23.9 Å². The molecule has 1 aromatic rings. The Morgan fingerprint density at radius 1 is 1.65 bits per heavy atom. The third-order valence-corrected chi connectivity index (χ3v) is 3.14. The van der Waals surface area contributed by atoms with Crippen LogP contribution in [0.15, 0.2) is 16.5 Å². The fraction of sp³-hybridized carbons (Fsp3) is 0.583. The maximum atomic E-state index is 11.2. The van der Waals surface area contributed by atoms with Crippen molar-refractivity contribution in [3.05, 3.63) is 23.7 Å². The first-order chi connectivity index (χ1) is 8.19. The molecule has 0 aromatic carbocycles. The molecule has 1 aromatic heterocycles. The molecule has 1 amide bonds. The number of hydrogen-bond acceptors (Lipinski definition) is 4. The number of rotatable bonds is 3. The number of piperidine rings is 1. The van der Waals surface area contributed by atoms with Gasteiger partial charge in [-0.1, -0.05) is 6.92 Å². The van der Waals surface area contributed by atoms with Crippen LogP contribution >= 0.6 is 0 Å². The van der Waals surface area contributed by atoms with Crippen molar-refractivity contribution in [1.29, 1.82) is 0 Å². The number of nitrogen functional groups attached to an aromatic ring is 1. The van der Waals surface area contributed by atoms with Gasteiger partial charge in [0, 0.05) is 6.54 Å². The van der Waals surface area contributed by atoms with Gasteiger partial charge in [-0.05, 0) is 37.4 Å². The van der Waals surface area contributed by atoms with E-state index in [0.29, 0.717) is 0 Å². The first-order valence-electron chi connectivity index (χ1n) is 6.01. The molecule has 0 spiro atoms. The van der Waals surface area contributed by atoms with Gasteiger partial charge in [-0.25, -0.2) is 5.84 Å². The van der Waals surface area contributed by atoms with Gasteiger partial charge in [-0.2, -0.15) is 0 Å². The summed E-state index contributed by atoms with van der Waals surface area (Å²) in [4.78, 5) is 13.6. The zero-order valence-electron chi connectivity index (χ0n) is 10.1. The lowest BCUT2D eigenvalue weighted by atomic mass is 10.0. The van der Waals surface area contributed by atoms with E-state index in [1.165, 1.54) is 12.8 Å². The van der Waals surface area contributed by atoms with E-state index in [2.05, 4.69) is 17.2 Å². The van der Waals surface area contributed by atoms with E-state index in [0.717, 1.165) is 31.3 Å². The number of likely N-dealkylation sites (tertiary alicyclic amines) is 1. The summed E-state index contributed by atoms with van der Waals surface area (Å²) in [6.45, 7) is 5.23. The van der Waals surface area contributed by atoms with Crippen molar-refractivity contribution in [3.8, 4) is 0 Å². The Morgan fingerprint density at radius 2 is 2.47 bits per heavy atom. The molecule has 2 rings (SSSR count). The normalized spacial score (nSPS) is 21.4. The second-order valence-corrected chi connectivity index (χ2v) is 4.72. The molecule has 0 aliphatic carbocycles. The molecule has 1 aliphatic heterocycles. The zero-order valence-corrected chi connectivity index (χ0v) is 10.1. The number of nitrogens with zero attached hydrogens (tertiary/aromatic N) is 1. The molecule has 5 heteroatoms. The molecule has 0 radical (unpaired) electrons. The molecular weight excluding hydrogens is 218 g/mol. The van der Waals surface area contributed by atoms with Crippen LogP contribution in [0.4, 0.5) is 0 Å². The number of carbonyl (C=O) groups excluding carboxylic acids is 1. The Morgan fingerprint density at radius 3 is 3.18 bits per heavy atom. The Bertz CT molecular complexity index is 389. The van der Waals surface area contributed by atoms with Crippen molar-refractivity contribution in [2.75, 3.05) is 13.1 Å². The number of amides is 1. The summed E-state index contributed by atoms with van der Waals surface area (Å²) in [7, 11) is 0. The number of nitrogens with one attached hydrogen (secondary N) is 1. The predicted molar refractivity (Wildman–Crippen MR) is 64.0 cm³/mol. The minimum atomic E-state index is -0.386. The van der Waals surface area contributed by atoms with Crippen LogP contribution in [0.2, 0.25) is 0 Å². The van der Waals surface area contributed by atoms with Crippen molar-refractivity contribution in [2.45, 2.75) is 26.3 Å². The number of carbonyl (C=O) groups is 1. The standard InChI is InChI=1S/C12H19N3O2/c1-9-3-2-6-15(7-9)8-10-4-5-11(17-10)12(16)14-13/h4-5,9H,2-3,6-8,13H2,1H3,(H,14,16). The van der Waals surface area contributed by atoms with Crippen LogP contribution in [0.1, 0.15) is 36.1 Å². The molecule has 1 saturated heterocycles. The van der Waals surface area contributed by atoms with Gasteiger partial charge in [0.05, 0.1) is 6.54 Å². The molecule has 1 unspecified atom stereocenters. The largest absolute Gasteiger partial charge is 0.455 e. The highest BCUT2D eigenvalue weighted by Crippen LogP contribution is 2.18. The Balaban J connectivity index is 1.94. The highest BCUT2D eigenvalue weighted by atomic mass is 16.4. The van der Waals surface area contributed by atoms with Crippen molar-refractivity contribution < 1.29 is 9.21 Å². The smallest absolute Gasteiger partial charge is 0.300 e. The van der Waals surface area contributed by atoms with Gasteiger partial charge >= 0.3 is 5.91 Å². The molecule has 5 nitrogen and oxygen atoms in total. The maximum Gasteiger partial charge on any atom is 0.300 e. The molecule has 2 heterocycles. The lowest BCUT2D eigenvalue weighted by Gasteiger charge is -2.29. The monoisotopic (exact) mass is 237 g/mol. The summed E-state index contributed by atoms with van der Waals surface area (Å²) in [5.41, 5.74) is 2.06. The van der Waals surface area contributed by atoms with Crippen LogP contribution in [0, 0.1) is 5.92 Å². The van der Waals surface area contributed by atoms with Crippen LogP contribution in [0.3, 0.4) is 0 Å². The third kappa shape index (κ3) is 3.08. The summed E-state index contributed by atoms with van der Waals surface area (Å²) in [5, 5.41) is 0. The number of nitrogens with two attached hydrogens (primary N) is 1. The third-order valence-electron chi connectivity index (χ3n) is 3.14. The van der Waals surface area contributed by atoms with Crippen molar-refractivity contribution in [2.24, 2.45) is 11.8 Å². The van der Waals surface area contributed by atoms with Crippen LogP contribution in [-0.2, 0) is 6.54 Å². The first-order valence-corrected chi connectivity index (χ1v) is 6.01. The lowest BCUT2D eigenvalue weighted by molar-refractivity contribution is 0.0920. The molecule has 0 saturated carbocycles. The van der Waals surface area contributed by atoms with Crippen molar-refractivity contribution >= 4 is 5.91 Å². The maximum absolute atomic E-state index is 11.2. The van der Waals surface area contributed by atoms with Crippen molar-refractivity contribution in [1.82, 2.24) is 10.3 Å². The molecule has 17 heavy (non-hydrogen) atoms. The minimum absolute atomic E-state index is 0.271. The molecule has 1 aliphatic rings. The Labute approximate surface area is 101 Å². The number of hydrazine groups is 1. The van der Waals surface area contributed by atoms with E-state index < -0.39 is 0 Å². The van der Waals surface area contributed by atoms with Gasteiger partial charge < -0.3 is 4.42 Å². The van der Waals surface area contributed by atoms with Crippen LogP contribution in [0.5, 0.6) is 0 Å². The summed E-state index contributed by atoms with van der Waals surface area (Å²) >= 11 is 0. The SMILES string of the molecule is CC1CCCN(Cc2ccc(C(=O)NN)o2)C1. The van der Waals surface area contributed by atoms with E-state index in [4.69, 9.17) is 10.3 Å². The summed E-state index contributed by atoms with van der Waals surface area (Å²) in [6.07, 6.45) is 2.54. The molecular formula is C12H19N3O2. The number of hydrogen-bond donors (Lipinski definition) is 2. The highest BCUT2D eigenvalue weighted by Gasteiger charge is 2.18. The average Bonchev–Trinajstić information content (AvgIpc) is 2.76. The quantitative estimate of drug-likeness (QED) is 0.469. The summed E-state index contributed by atoms with van der Waals surface area (Å²) in [5.74, 6) is 6.49. The van der Waals surface area contributed by atoms with Crippen LogP contribution < -0.4 is 11.3 Å². The fourth-order valence-electron chi connectivity index (χ4n) is 2.31. The highest BCUT2D eigenvalue weighted by molar-refractivity contribution is 5.90. The van der Waals surface area contributed by atoms with E-state index in [9.17, 15) is 4.79 Å². The van der Waals surface area contributed by atoms with E-state index >= 15 is 0 Å². The molecule has 0 bridgehead atoms. The average molecular weight is 237 g/mol. The second-order valence-electron chi connectivity index (χ2n) is 4.72. The van der Waals surface area contributed by atoms with E-state index in [1.54, 1.807) is 6.07 Å². The molecule has 94 valence electrons. The lowest BCUT2D eigenvalue weighted by Crippen LogP contribution is -2.33. The van der Waals surface area contributed by atoms with E-state index in [1.807, 2.05) is 6.07 Å². The van der Waals surface area contributed by atoms with E-state index in [-0.39, 0.29) is 11.7 Å². The fourth-order valence-corrected chi connectivity index (χ4v) is 2.31. The predicted octanol–water partition coefficient (Wildman–Crippen LogP) is 1.12. The second kappa shape index (κ2) is 5.33. The Kier molecular flexibility index (Phi) is 3.81. The van der Waals surface area contributed by atoms with Crippen LogP contribution in [0.25, 0.3) is 0 Å². The molecule has 1 atom stereocenters. The molecule has 1 fully saturated rings. The van der Waals surface area contributed by atoms with Gasteiger partial charge in [-0.3, -0.25) is 15.1 Å². The topological polar surface area (TPSA) is 71.5 Å². The summed E-state index contributed by atoms with van der Waals surface area (Å²) in [6, 6.07) is 3.49. The summed E-state index contributed by atoms with van der Waals surface area (Å²) < 4.78 is 5.44. The molecule has 3 N–H and O–H groups in total. The van der Waals surface area contributed by atoms with Gasteiger partial charge in [0.25, 0.3) is 0 Å². The zero-order chi connectivity index (χ0) is 12.3. The van der Waals surface area contributed by atoms with Gasteiger partial charge in [0.15, 0.2) is 5.76 Å². The number of furan rings is 1. The minimum Gasteiger partial charge on any atom is -0.455 e. The van der Waals surface area contributed by atoms with Gasteiger partial charge in [0.2, 0.25) is 0 Å².